The van der Waals surface area contributed by atoms with Crippen molar-refractivity contribution < 1.29 is 28.6 Å². The molecule has 0 bridgehead atoms. The maximum Gasteiger partial charge on any atom is 0.323 e. The van der Waals surface area contributed by atoms with Crippen molar-refractivity contribution in [2.75, 3.05) is 13.2 Å². The zero-order chi connectivity index (χ0) is 21.3. The Morgan fingerprint density at radius 3 is 2.17 bits per heavy atom. The van der Waals surface area contributed by atoms with Gasteiger partial charge in [0.2, 0.25) is 0 Å². The van der Waals surface area contributed by atoms with Crippen LogP contribution < -0.4 is 9.47 Å². The van der Waals surface area contributed by atoms with E-state index in [9.17, 15) is 14.0 Å². The molecule has 3 aromatic rings. The summed E-state index contributed by atoms with van der Waals surface area (Å²) in [5, 5.41) is 9.13. The van der Waals surface area contributed by atoms with E-state index in [1.807, 2.05) is 18.2 Å². The van der Waals surface area contributed by atoms with E-state index in [2.05, 4.69) is 0 Å². The lowest BCUT2D eigenvalue weighted by molar-refractivity contribution is -0.145. The number of aliphatic carboxylic acids is 1. The van der Waals surface area contributed by atoms with Gasteiger partial charge in [-0.3, -0.25) is 9.59 Å². The van der Waals surface area contributed by atoms with E-state index in [4.69, 9.17) is 14.6 Å². The third-order valence-corrected chi connectivity index (χ3v) is 4.14. The van der Waals surface area contributed by atoms with E-state index >= 15 is 0 Å². The second-order valence-electron chi connectivity index (χ2n) is 6.42. The van der Waals surface area contributed by atoms with Crippen LogP contribution in [0.15, 0.2) is 78.9 Å². The third kappa shape index (κ3) is 6.07. The minimum atomic E-state index is -1.15. The van der Waals surface area contributed by atoms with Crippen LogP contribution in [0.4, 0.5) is 4.39 Å². The van der Waals surface area contributed by atoms with Crippen LogP contribution in [0.3, 0.4) is 0 Å². The van der Waals surface area contributed by atoms with Crippen molar-refractivity contribution in [3.63, 3.8) is 0 Å². The Morgan fingerprint density at radius 1 is 0.867 bits per heavy atom. The first-order chi connectivity index (χ1) is 14.5. The van der Waals surface area contributed by atoms with Crippen LogP contribution in [0.1, 0.15) is 5.56 Å². The molecule has 0 saturated heterocycles. The van der Waals surface area contributed by atoms with Gasteiger partial charge in [0.1, 0.15) is 18.1 Å². The molecule has 0 aliphatic heterocycles. The first-order valence-electron chi connectivity index (χ1n) is 9.20. The predicted octanol–water partition coefficient (Wildman–Crippen LogP) is 4.11. The van der Waals surface area contributed by atoms with Gasteiger partial charge < -0.3 is 19.5 Å². The molecule has 1 N–H and O–H groups in total. The van der Waals surface area contributed by atoms with Gasteiger partial charge in [-0.05, 0) is 42.0 Å². The molecule has 0 unspecified atom stereocenters. The molecule has 0 radical (unpaired) electrons. The van der Waals surface area contributed by atoms with E-state index in [0.29, 0.717) is 22.8 Å². The van der Waals surface area contributed by atoms with Gasteiger partial charge in [-0.15, -0.1) is 0 Å². The van der Waals surface area contributed by atoms with Gasteiger partial charge in [0.25, 0.3) is 5.91 Å². The van der Waals surface area contributed by atoms with Crippen molar-refractivity contribution in [1.82, 2.24) is 4.90 Å². The van der Waals surface area contributed by atoms with E-state index in [1.54, 1.807) is 36.4 Å². The summed E-state index contributed by atoms with van der Waals surface area (Å²) < 4.78 is 24.5. The number of benzene rings is 3. The number of hydrogen-bond acceptors (Lipinski definition) is 4. The van der Waals surface area contributed by atoms with Gasteiger partial charge in [0, 0.05) is 6.54 Å². The highest BCUT2D eigenvalue weighted by Crippen LogP contribution is 2.31. The zero-order valence-electron chi connectivity index (χ0n) is 16.0. The highest BCUT2D eigenvalue weighted by Gasteiger charge is 2.19. The molecule has 154 valence electrons. The van der Waals surface area contributed by atoms with Crippen molar-refractivity contribution in [1.29, 1.82) is 0 Å². The van der Waals surface area contributed by atoms with Gasteiger partial charge in [-0.1, -0.05) is 42.5 Å². The molecule has 0 atom stereocenters. The summed E-state index contributed by atoms with van der Waals surface area (Å²) in [5.74, 6) is -0.682. The first-order valence-corrected chi connectivity index (χ1v) is 9.20. The Balaban J connectivity index is 1.67. The number of carboxylic acid groups (broad SMARTS) is 1. The third-order valence-electron chi connectivity index (χ3n) is 4.14. The van der Waals surface area contributed by atoms with Gasteiger partial charge in [-0.2, -0.15) is 0 Å². The summed E-state index contributed by atoms with van der Waals surface area (Å²) >= 11 is 0. The number of carbonyl (C=O) groups is 2. The molecule has 0 aromatic heterocycles. The Kier molecular flexibility index (Phi) is 7.00. The smallest absolute Gasteiger partial charge is 0.323 e. The Hall–Kier alpha value is -3.87. The zero-order valence-corrected chi connectivity index (χ0v) is 16.0. The maximum absolute atomic E-state index is 13.1. The van der Waals surface area contributed by atoms with Crippen LogP contribution in [0.2, 0.25) is 0 Å². The molecule has 0 fully saturated rings. The fraction of sp³-hybridized carbons (Fsp3) is 0.130. The fourth-order valence-corrected chi connectivity index (χ4v) is 2.71. The largest absolute Gasteiger partial charge is 0.480 e. The molecule has 7 heteroatoms. The van der Waals surface area contributed by atoms with Gasteiger partial charge in [0.15, 0.2) is 18.1 Å². The first kappa shape index (κ1) is 20.9. The highest BCUT2D eigenvalue weighted by atomic mass is 19.1. The second kappa shape index (κ2) is 10.1. The van der Waals surface area contributed by atoms with Crippen LogP contribution in [0.25, 0.3) is 0 Å². The molecule has 0 aliphatic carbocycles. The van der Waals surface area contributed by atoms with Crippen molar-refractivity contribution in [3.8, 4) is 17.2 Å². The van der Waals surface area contributed by atoms with E-state index in [-0.39, 0.29) is 13.2 Å². The Labute approximate surface area is 173 Å². The summed E-state index contributed by atoms with van der Waals surface area (Å²) in [5.41, 5.74) is 0.610. The quantitative estimate of drug-likeness (QED) is 0.576. The molecular formula is C23H20FNO5. The van der Waals surface area contributed by atoms with Gasteiger partial charge >= 0.3 is 5.97 Å². The van der Waals surface area contributed by atoms with Crippen LogP contribution >= 0.6 is 0 Å². The molecular weight excluding hydrogens is 389 g/mol. The van der Waals surface area contributed by atoms with Crippen molar-refractivity contribution in [3.05, 3.63) is 90.2 Å². The summed E-state index contributed by atoms with van der Waals surface area (Å²) in [6.07, 6.45) is 0. The van der Waals surface area contributed by atoms with Crippen molar-refractivity contribution in [2.45, 2.75) is 6.54 Å². The lowest BCUT2D eigenvalue weighted by atomic mass is 10.2. The number of rotatable bonds is 9. The molecule has 0 aliphatic rings. The lowest BCUT2D eigenvalue weighted by Crippen LogP contribution is -2.38. The van der Waals surface area contributed by atoms with Crippen molar-refractivity contribution in [2.24, 2.45) is 0 Å². The number of hydrogen-bond donors (Lipinski definition) is 1. The van der Waals surface area contributed by atoms with Crippen LogP contribution in [0, 0.1) is 5.82 Å². The summed E-state index contributed by atoms with van der Waals surface area (Å²) in [6.45, 7) is -0.845. The highest BCUT2D eigenvalue weighted by molar-refractivity contribution is 5.82. The number of amides is 1. The SMILES string of the molecule is O=C(O)CN(Cc1ccc(F)cc1)C(=O)COc1ccccc1Oc1ccccc1. The van der Waals surface area contributed by atoms with Gasteiger partial charge in [0.05, 0.1) is 0 Å². The number of para-hydroxylation sites is 3. The molecule has 0 spiro atoms. The molecule has 6 nitrogen and oxygen atoms in total. The van der Waals surface area contributed by atoms with Gasteiger partial charge in [-0.25, -0.2) is 4.39 Å². The minimum Gasteiger partial charge on any atom is -0.480 e. The molecule has 3 rings (SSSR count). The van der Waals surface area contributed by atoms with Crippen LogP contribution in [0.5, 0.6) is 17.2 Å². The second-order valence-corrected chi connectivity index (χ2v) is 6.42. The van der Waals surface area contributed by atoms with Crippen LogP contribution in [-0.2, 0) is 16.1 Å². The maximum atomic E-state index is 13.1. The van der Waals surface area contributed by atoms with E-state index in [0.717, 1.165) is 4.90 Å². The number of carboxylic acids is 1. The minimum absolute atomic E-state index is 0.0247. The summed E-state index contributed by atoms with van der Waals surface area (Å²) in [6, 6.07) is 21.5. The lowest BCUT2D eigenvalue weighted by Gasteiger charge is -2.21. The topological polar surface area (TPSA) is 76.1 Å². The predicted molar refractivity (Wildman–Crippen MR) is 108 cm³/mol. The monoisotopic (exact) mass is 409 g/mol. The number of nitrogens with zero attached hydrogens (tertiary/aromatic N) is 1. The molecule has 30 heavy (non-hydrogen) atoms. The molecule has 3 aromatic carbocycles. The fourth-order valence-electron chi connectivity index (χ4n) is 2.71. The summed E-state index contributed by atoms with van der Waals surface area (Å²) in [4.78, 5) is 24.9. The standard InChI is InChI=1S/C23H20FNO5/c24-18-12-10-17(11-13-18)14-25(15-23(27)28)22(26)16-29-20-8-4-5-9-21(20)30-19-6-2-1-3-7-19/h1-13H,14-16H2,(H,27,28). The molecule has 0 saturated carbocycles. The average molecular weight is 409 g/mol. The summed E-state index contributed by atoms with van der Waals surface area (Å²) in [7, 11) is 0. The Morgan fingerprint density at radius 2 is 1.50 bits per heavy atom. The van der Waals surface area contributed by atoms with E-state index < -0.39 is 24.2 Å². The Bertz CT molecular complexity index is 992. The van der Waals surface area contributed by atoms with Crippen LogP contribution in [-0.4, -0.2) is 35.0 Å². The molecule has 1 amide bonds. The number of halogens is 1. The normalized spacial score (nSPS) is 10.3. The number of ether oxygens (including phenoxy) is 2. The average Bonchev–Trinajstić information content (AvgIpc) is 2.74. The van der Waals surface area contributed by atoms with E-state index in [1.165, 1.54) is 24.3 Å². The molecule has 0 heterocycles. The number of carbonyl (C=O) groups excluding carboxylic acids is 1. The van der Waals surface area contributed by atoms with Crippen molar-refractivity contribution >= 4 is 11.9 Å².